The van der Waals surface area contributed by atoms with E-state index in [1.165, 1.54) is 0 Å². The maximum atomic E-state index is 13.0. The molecule has 1 amide bonds. The third-order valence-corrected chi connectivity index (χ3v) is 5.25. The van der Waals surface area contributed by atoms with Crippen LogP contribution in [0, 0.1) is 13.8 Å². The van der Waals surface area contributed by atoms with Crippen LogP contribution in [0.2, 0.25) is 0 Å². The number of aryl methyl sites for hydroxylation is 1. The van der Waals surface area contributed by atoms with E-state index in [0.717, 1.165) is 48.0 Å². The highest BCUT2D eigenvalue weighted by atomic mass is 16.5. The van der Waals surface area contributed by atoms with Gasteiger partial charge in [-0.25, -0.2) is 0 Å². The molecule has 140 valence electrons. The van der Waals surface area contributed by atoms with Crippen LogP contribution in [0.5, 0.6) is 5.75 Å². The smallest absolute Gasteiger partial charge is 0.255 e. The quantitative estimate of drug-likeness (QED) is 0.824. The first kappa shape index (κ1) is 18.4. The average molecular weight is 355 g/mol. The Morgan fingerprint density at radius 3 is 2.62 bits per heavy atom. The van der Waals surface area contributed by atoms with E-state index in [0.29, 0.717) is 6.54 Å². The Morgan fingerprint density at radius 1 is 1.23 bits per heavy atom. The third kappa shape index (κ3) is 3.30. The molecule has 0 saturated carbocycles. The number of anilines is 1. The summed E-state index contributed by atoms with van der Waals surface area (Å²) in [6.07, 6.45) is -0.0338. The number of hydrogen-bond acceptors (Lipinski definition) is 3. The summed E-state index contributed by atoms with van der Waals surface area (Å²) in [6.45, 7) is 11.5. The summed E-state index contributed by atoms with van der Waals surface area (Å²) in [4.78, 5) is 17.1. The molecule has 1 aliphatic rings. The van der Waals surface area contributed by atoms with Crippen molar-refractivity contribution in [3.05, 3.63) is 47.3 Å². The molecule has 3 rings (SSSR count). The minimum Gasteiger partial charge on any atom is -0.485 e. The Labute approximate surface area is 156 Å². The van der Waals surface area contributed by atoms with Crippen LogP contribution in [-0.4, -0.2) is 48.2 Å². The second-order valence-electron chi connectivity index (χ2n) is 6.96. The zero-order valence-electron chi connectivity index (χ0n) is 16.5. The van der Waals surface area contributed by atoms with Crippen LogP contribution >= 0.6 is 0 Å². The van der Waals surface area contributed by atoms with E-state index >= 15 is 0 Å². The lowest BCUT2D eigenvalue weighted by Gasteiger charge is -2.37. The predicted molar refractivity (Wildman–Crippen MR) is 105 cm³/mol. The maximum absolute atomic E-state index is 13.0. The van der Waals surface area contributed by atoms with E-state index in [4.69, 9.17) is 4.74 Å². The van der Waals surface area contributed by atoms with Crippen LogP contribution in [0.15, 0.2) is 30.3 Å². The molecule has 0 bridgehead atoms. The first-order valence-electron chi connectivity index (χ1n) is 9.39. The standard InChI is InChI=1S/C21H29N3O2/c1-6-23-14-17(26-20-11-9-8-10-19(20)23)13-22(5)21(25)18-12-15(3)24(7-2)16(18)4/h8-12,17H,6-7,13-14H2,1-5H3/t17-/m1/s1. The fraction of sp³-hybridized carbons (Fsp3) is 0.476. The molecule has 1 aliphatic heterocycles. The van der Waals surface area contributed by atoms with Gasteiger partial charge in [0.25, 0.3) is 5.91 Å². The molecule has 0 aliphatic carbocycles. The first-order chi connectivity index (χ1) is 12.5. The molecule has 0 saturated heterocycles. The zero-order chi connectivity index (χ0) is 18.8. The molecule has 5 heteroatoms. The lowest BCUT2D eigenvalue weighted by Crippen LogP contribution is -2.46. The second-order valence-corrected chi connectivity index (χ2v) is 6.96. The van der Waals surface area contributed by atoms with Gasteiger partial charge in [-0.2, -0.15) is 0 Å². The van der Waals surface area contributed by atoms with Crippen molar-refractivity contribution < 1.29 is 9.53 Å². The van der Waals surface area contributed by atoms with E-state index in [9.17, 15) is 4.79 Å². The van der Waals surface area contributed by atoms with Crippen molar-refractivity contribution in [2.75, 3.05) is 31.6 Å². The van der Waals surface area contributed by atoms with Gasteiger partial charge in [0.1, 0.15) is 11.9 Å². The third-order valence-electron chi connectivity index (χ3n) is 5.25. The van der Waals surface area contributed by atoms with Crippen LogP contribution in [0.25, 0.3) is 0 Å². The number of carbonyl (C=O) groups is 1. The van der Waals surface area contributed by atoms with Crippen LogP contribution in [0.4, 0.5) is 5.69 Å². The Hall–Kier alpha value is -2.43. The molecule has 0 unspecified atom stereocenters. The monoisotopic (exact) mass is 355 g/mol. The summed E-state index contributed by atoms with van der Waals surface area (Å²) in [5.74, 6) is 0.957. The van der Waals surface area contributed by atoms with Gasteiger partial charge >= 0.3 is 0 Å². The van der Waals surface area contributed by atoms with Crippen molar-refractivity contribution in [2.24, 2.45) is 0 Å². The number of amides is 1. The highest BCUT2D eigenvalue weighted by molar-refractivity contribution is 5.95. The van der Waals surface area contributed by atoms with Gasteiger partial charge in [0, 0.05) is 31.5 Å². The highest BCUT2D eigenvalue weighted by Crippen LogP contribution is 2.33. The lowest BCUT2D eigenvalue weighted by atomic mass is 10.1. The summed E-state index contributed by atoms with van der Waals surface area (Å²) >= 11 is 0. The average Bonchev–Trinajstić information content (AvgIpc) is 2.93. The summed E-state index contributed by atoms with van der Waals surface area (Å²) in [7, 11) is 1.86. The zero-order valence-corrected chi connectivity index (χ0v) is 16.5. The molecule has 0 fully saturated rings. The minimum absolute atomic E-state index is 0.0338. The Kier molecular flexibility index (Phi) is 5.25. The SMILES string of the molecule is CCN1C[C@@H](CN(C)C(=O)c2cc(C)n(CC)c2C)Oc2ccccc21. The Morgan fingerprint density at radius 2 is 1.96 bits per heavy atom. The summed E-state index contributed by atoms with van der Waals surface area (Å²) < 4.78 is 8.33. The number of hydrogen-bond donors (Lipinski definition) is 0. The number of carbonyl (C=O) groups excluding carboxylic acids is 1. The van der Waals surface area contributed by atoms with Gasteiger partial charge in [-0.15, -0.1) is 0 Å². The van der Waals surface area contributed by atoms with Crippen molar-refractivity contribution in [2.45, 2.75) is 40.3 Å². The topological polar surface area (TPSA) is 37.7 Å². The molecule has 2 aromatic rings. The number of benzene rings is 1. The second kappa shape index (κ2) is 7.44. The molecular formula is C21H29N3O2. The van der Waals surface area contributed by atoms with Crippen LogP contribution in [0.3, 0.4) is 0 Å². The van der Waals surface area contributed by atoms with Gasteiger partial charge < -0.3 is 19.1 Å². The van der Waals surface area contributed by atoms with E-state index < -0.39 is 0 Å². The Bertz CT molecular complexity index is 797. The van der Waals surface area contributed by atoms with E-state index in [1.54, 1.807) is 4.90 Å². The number of nitrogens with zero attached hydrogens (tertiary/aromatic N) is 3. The van der Waals surface area contributed by atoms with Gasteiger partial charge in [-0.1, -0.05) is 12.1 Å². The molecule has 1 aromatic carbocycles. The minimum atomic E-state index is -0.0338. The normalized spacial score (nSPS) is 16.2. The highest BCUT2D eigenvalue weighted by Gasteiger charge is 2.27. The van der Waals surface area contributed by atoms with E-state index in [-0.39, 0.29) is 12.0 Å². The molecule has 26 heavy (non-hydrogen) atoms. The van der Waals surface area contributed by atoms with Gasteiger partial charge in [-0.3, -0.25) is 4.79 Å². The largest absolute Gasteiger partial charge is 0.485 e. The maximum Gasteiger partial charge on any atom is 0.255 e. The van der Waals surface area contributed by atoms with Crippen LogP contribution in [0.1, 0.15) is 35.6 Å². The lowest BCUT2D eigenvalue weighted by molar-refractivity contribution is 0.0709. The van der Waals surface area contributed by atoms with Crippen LogP contribution in [-0.2, 0) is 6.54 Å². The van der Waals surface area contributed by atoms with Crippen molar-refractivity contribution in [3.8, 4) is 5.75 Å². The molecule has 0 N–H and O–H groups in total. The van der Waals surface area contributed by atoms with Gasteiger partial charge in [0.15, 0.2) is 0 Å². The van der Waals surface area contributed by atoms with Gasteiger partial charge in [0.2, 0.25) is 0 Å². The predicted octanol–water partition coefficient (Wildman–Crippen LogP) is 3.48. The van der Waals surface area contributed by atoms with E-state index in [1.807, 2.05) is 45.2 Å². The summed E-state index contributed by atoms with van der Waals surface area (Å²) in [6, 6.07) is 10.1. The fourth-order valence-electron chi connectivity index (χ4n) is 3.87. The van der Waals surface area contributed by atoms with Gasteiger partial charge in [0.05, 0.1) is 24.3 Å². The van der Waals surface area contributed by atoms with Crippen molar-refractivity contribution >= 4 is 11.6 Å². The van der Waals surface area contributed by atoms with E-state index in [2.05, 4.69) is 29.4 Å². The Balaban J connectivity index is 1.74. The molecule has 0 radical (unpaired) electrons. The molecular weight excluding hydrogens is 326 g/mol. The van der Waals surface area contributed by atoms with Crippen molar-refractivity contribution in [1.82, 2.24) is 9.47 Å². The van der Waals surface area contributed by atoms with Gasteiger partial charge in [-0.05, 0) is 45.9 Å². The summed E-state index contributed by atoms with van der Waals surface area (Å²) in [5, 5.41) is 0. The van der Waals surface area contributed by atoms with Crippen molar-refractivity contribution in [3.63, 3.8) is 0 Å². The number of ether oxygens (including phenoxy) is 1. The number of aromatic nitrogens is 1. The number of fused-ring (bicyclic) bond motifs is 1. The van der Waals surface area contributed by atoms with Crippen molar-refractivity contribution in [1.29, 1.82) is 0 Å². The van der Waals surface area contributed by atoms with Crippen LogP contribution < -0.4 is 9.64 Å². The first-order valence-corrected chi connectivity index (χ1v) is 9.39. The number of rotatable bonds is 5. The summed E-state index contributed by atoms with van der Waals surface area (Å²) in [5.41, 5.74) is 4.08. The molecule has 1 atom stereocenters. The number of para-hydroxylation sites is 2. The molecule has 5 nitrogen and oxygen atoms in total. The number of likely N-dealkylation sites (N-methyl/N-ethyl adjacent to an activating group) is 2. The molecule has 1 aromatic heterocycles. The fourth-order valence-corrected chi connectivity index (χ4v) is 3.87. The molecule has 2 heterocycles. The molecule has 0 spiro atoms.